The second-order valence-electron chi connectivity index (χ2n) is 12.1. The summed E-state index contributed by atoms with van der Waals surface area (Å²) in [6, 6.07) is 0. The van der Waals surface area contributed by atoms with Crippen molar-refractivity contribution in [2.75, 3.05) is 0 Å². The average molecular weight is 389 g/mol. The van der Waals surface area contributed by atoms with Crippen LogP contribution in [-0.2, 0) is 9.59 Å². The van der Waals surface area contributed by atoms with E-state index in [1.165, 1.54) is 12.8 Å². The second kappa shape index (κ2) is 6.38. The molecule has 8 aliphatic carbocycles. The van der Waals surface area contributed by atoms with Crippen LogP contribution in [0, 0.1) is 46.3 Å². The van der Waals surface area contributed by atoms with Gasteiger partial charge in [-0.15, -0.1) is 0 Å². The smallest absolute Gasteiger partial charge is 0.201 e. The lowest BCUT2D eigenvalue weighted by Gasteiger charge is -2.46. The molecule has 0 heterocycles. The second-order valence-corrected chi connectivity index (χ2v) is 12.1. The van der Waals surface area contributed by atoms with Crippen molar-refractivity contribution in [1.29, 1.82) is 0 Å². The number of hydrogen-bond acceptors (Lipinski definition) is 4. The van der Waals surface area contributed by atoms with Crippen molar-refractivity contribution in [3.8, 4) is 0 Å². The third-order valence-corrected chi connectivity index (χ3v) is 9.36. The van der Waals surface area contributed by atoms with Crippen molar-refractivity contribution in [3.05, 3.63) is 0 Å². The van der Waals surface area contributed by atoms with Crippen LogP contribution in [0.3, 0.4) is 0 Å². The first-order valence-corrected chi connectivity index (χ1v) is 11.6. The molecule has 8 aliphatic rings. The summed E-state index contributed by atoms with van der Waals surface area (Å²) in [5, 5.41) is 20.1. The topological polar surface area (TPSA) is 74.6 Å². The Kier molecular flexibility index (Phi) is 4.38. The van der Waals surface area contributed by atoms with Crippen LogP contribution in [0.1, 0.15) is 78.1 Å². The first-order chi connectivity index (χ1) is 13.1. The minimum Gasteiger partial charge on any atom is -0.390 e. The van der Waals surface area contributed by atoms with Crippen LogP contribution in [-0.4, -0.2) is 34.0 Å². The average Bonchev–Trinajstić information content (AvgIpc) is 2.80. The van der Waals surface area contributed by atoms with Crippen LogP contribution in [0.4, 0.5) is 0 Å². The third kappa shape index (κ3) is 3.10. The minimum atomic E-state index is -0.438. The Labute approximate surface area is 168 Å². The van der Waals surface area contributed by atoms with E-state index < -0.39 is 12.2 Å². The van der Waals surface area contributed by atoms with Crippen LogP contribution in [0.25, 0.3) is 0 Å². The van der Waals surface area contributed by atoms with Crippen molar-refractivity contribution in [1.82, 2.24) is 0 Å². The zero-order valence-corrected chi connectivity index (χ0v) is 17.4. The lowest BCUT2D eigenvalue weighted by Crippen LogP contribution is -2.36. The van der Waals surface area contributed by atoms with E-state index in [0.717, 1.165) is 57.3 Å². The number of ketones is 2. The Morgan fingerprint density at radius 2 is 1.04 bits per heavy atom. The van der Waals surface area contributed by atoms with E-state index in [9.17, 15) is 19.8 Å². The largest absolute Gasteiger partial charge is 0.390 e. The number of carbonyl (C=O) groups excluding carboxylic acids is 2. The molecule has 0 aromatic carbocycles. The molecule has 0 aromatic heterocycles. The molecule has 8 saturated carbocycles. The molecule has 156 valence electrons. The maximum absolute atomic E-state index is 11.8. The van der Waals surface area contributed by atoms with Gasteiger partial charge in [0.05, 0.1) is 12.2 Å². The number of carbonyl (C=O) groups is 2. The molecule has 8 rings (SSSR count). The van der Waals surface area contributed by atoms with Gasteiger partial charge in [-0.2, -0.15) is 0 Å². The number of Topliss-reactive ketones (excluding diaryl/α,β-unsaturated/α-hetero) is 2. The quantitative estimate of drug-likeness (QED) is 0.623. The van der Waals surface area contributed by atoms with E-state index in [1.807, 2.05) is 0 Å². The lowest BCUT2D eigenvalue weighted by atomic mass is 9.59. The zero-order valence-electron chi connectivity index (χ0n) is 17.4. The highest BCUT2D eigenvalue weighted by Gasteiger charge is 2.53. The monoisotopic (exact) mass is 388 g/mol. The summed E-state index contributed by atoms with van der Waals surface area (Å²) in [6.45, 7) is 4.62. The van der Waals surface area contributed by atoms with Gasteiger partial charge in [-0.3, -0.25) is 9.59 Å². The van der Waals surface area contributed by atoms with E-state index in [4.69, 9.17) is 0 Å². The highest BCUT2D eigenvalue weighted by Crippen LogP contribution is 2.57. The summed E-state index contributed by atoms with van der Waals surface area (Å²) in [5.74, 6) is 2.28. The maximum atomic E-state index is 11.8. The normalized spacial score (nSPS) is 56.3. The van der Waals surface area contributed by atoms with E-state index in [0.29, 0.717) is 28.6 Å². The van der Waals surface area contributed by atoms with Gasteiger partial charge in [0, 0.05) is 11.8 Å². The molecule has 8 fully saturated rings. The standard InChI is InChI=1S/C12H20O2.C12H16O2/c2*1-12-4-7-2-8(5-12)10(13)11(14)9(3-7)6-12/h7-11,13-14H,2-6H2,1H3;7-9H,2-6H2,1H3. The van der Waals surface area contributed by atoms with E-state index in [1.54, 1.807) is 0 Å². The van der Waals surface area contributed by atoms with Crippen LogP contribution in [0.5, 0.6) is 0 Å². The van der Waals surface area contributed by atoms with Crippen molar-refractivity contribution >= 4 is 11.6 Å². The molecule has 6 unspecified atom stereocenters. The lowest BCUT2D eigenvalue weighted by molar-refractivity contribution is -0.140. The minimum absolute atomic E-state index is 0.0408. The number of hydrogen-bond donors (Lipinski definition) is 2. The van der Waals surface area contributed by atoms with Crippen LogP contribution >= 0.6 is 0 Å². The molecule has 28 heavy (non-hydrogen) atoms. The zero-order chi connectivity index (χ0) is 19.8. The fourth-order valence-corrected chi connectivity index (χ4v) is 8.75. The van der Waals surface area contributed by atoms with Gasteiger partial charge in [0.25, 0.3) is 0 Å². The molecule has 0 spiro atoms. The summed E-state index contributed by atoms with van der Waals surface area (Å²) in [4.78, 5) is 23.6. The van der Waals surface area contributed by atoms with E-state index in [-0.39, 0.29) is 23.4 Å². The summed E-state index contributed by atoms with van der Waals surface area (Å²) in [6.07, 6.45) is 10.2. The molecule has 0 aromatic rings. The molecule has 0 aliphatic heterocycles. The molecule has 0 saturated heterocycles. The van der Waals surface area contributed by atoms with Crippen molar-refractivity contribution in [2.24, 2.45) is 46.3 Å². The van der Waals surface area contributed by atoms with Gasteiger partial charge in [-0.1, -0.05) is 13.8 Å². The van der Waals surface area contributed by atoms with Gasteiger partial charge < -0.3 is 10.2 Å². The van der Waals surface area contributed by atoms with Gasteiger partial charge in [-0.25, -0.2) is 0 Å². The van der Waals surface area contributed by atoms with E-state index >= 15 is 0 Å². The highest BCUT2D eigenvalue weighted by molar-refractivity contribution is 6.39. The Hall–Kier alpha value is -0.740. The van der Waals surface area contributed by atoms with Gasteiger partial charge in [0.1, 0.15) is 0 Å². The Bertz CT molecular complexity index is 638. The SMILES string of the molecule is CC12CC3CC(C1)C(=O)C(=O)C(C3)C2.CC12CC3CC(C1)C(O)C(O)C(C3)C2. The van der Waals surface area contributed by atoms with Crippen molar-refractivity contribution in [3.63, 3.8) is 0 Å². The Balaban J connectivity index is 0.000000122. The highest BCUT2D eigenvalue weighted by atomic mass is 16.3. The number of fused-ring (bicyclic) bond motifs is 2. The van der Waals surface area contributed by atoms with Crippen molar-refractivity contribution < 1.29 is 19.8 Å². The van der Waals surface area contributed by atoms with Gasteiger partial charge in [0.15, 0.2) is 0 Å². The molecular weight excluding hydrogens is 352 g/mol. The molecule has 8 bridgehead atoms. The summed E-state index contributed by atoms with van der Waals surface area (Å²) < 4.78 is 0. The molecule has 4 heteroatoms. The molecule has 0 amide bonds. The van der Waals surface area contributed by atoms with Crippen LogP contribution in [0.15, 0.2) is 0 Å². The number of aliphatic hydroxyl groups excluding tert-OH is 2. The molecule has 2 N–H and O–H groups in total. The first kappa shape index (κ1) is 19.2. The molecule has 6 atom stereocenters. The predicted octanol–water partition coefficient (Wildman–Crippen LogP) is 3.53. The van der Waals surface area contributed by atoms with Gasteiger partial charge >= 0.3 is 0 Å². The van der Waals surface area contributed by atoms with Crippen molar-refractivity contribution in [2.45, 2.75) is 90.3 Å². The Morgan fingerprint density at radius 1 is 0.643 bits per heavy atom. The van der Waals surface area contributed by atoms with Crippen LogP contribution < -0.4 is 0 Å². The molecular formula is C24H36O4. The molecule has 4 nitrogen and oxygen atoms in total. The first-order valence-electron chi connectivity index (χ1n) is 11.6. The van der Waals surface area contributed by atoms with Gasteiger partial charge in [-0.05, 0) is 98.7 Å². The summed E-state index contributed by atoms with van der Waals surface area (Å²) in [5.41, 5.74) is 0.729. The fraction of sp³-hybridized carbons (Fsp3) is 0.917. The van der Waals surface area contributed by atoms with Crippen LogP contribution in [0.2, 0.25) is 0 Å². The summed E-state index contributed by atoms with van der Waals surface area (Å²) in [7, 11) is 0. The number of aliphatic hydroxyl groups is 2. The number of rotatable bonds is 0. The maximum Gasteiger partial charge on any atom is 0.201 e. The summed E-state index contributed by atoms with van der Waals surface area (Å²) >= 11 is 0. The Morgan fingerprint density at radius 3 is 1.43 bits per heavy atom. The fourth-order valence-electron chi connectivity index (χ4n) is 8.75. The predicted molar refractivity (Wildman–Crippen MR) is 105 cm³/mol. The molecule has 0 radical (unpaired) electrons. The van der Waals surface area contributed by atoms with E-state index in [2.05, 4.69) is 13.8 Å². The third-order valence-electron chi connectivity index (χ3n) is 9.36. The van der Waals surface area contributed by atoms with Gasteiger partial charge in [0.2, 0.25) is 11.6 Å².